The van der Waals surface area contributed by atoms with E-state index in [9.17, 15) is 4.79 Å². The van der Waals surface area contributed by atoms with Gasteiger partial charge >= 0.3 is 7.12 Å². The first-order valence-electron chi connectivity index (χ1n) is 6.97. The summed E-state index contributed by atoms with van der Waals surface area (Å²) in [7, 11) is -1.46. The van der Waals surface area contributed by atoms with Gasteiger partial charge in [-0.25, -0.2) is 0 Å². The third-order valence-electron chi connectivity index (χ3n) is 4.22. The third-order valence-corrected chi connectivity index (χ3v) is 4.22. The number of nitrogens with zero attached hydrogens (tertiary/aromatic N) is 1. The van der Waals surface area contributed by atoms with Gasteiger partial charge in [0, 0.05) is 13.1 Å². The van der Waals surface area contributed by atoms with Crippen molar-refractivity contribution in [3.05, 3.63) is 29.8 Å². The van der Waals surface area contributed by atoms with Gasteiger partial charge in [-0.3, -0.25) is 4.79 Å². The second-order valence-electron chi connectivity index (χ2n) is 5.48. The van der Waals surface area contributed by atoms with Gasteiger partial charge in [-0.05, 0) is 23.9 Å². The topological polar surface area (TPSA) is 70.0 Å². The molecule has 0 atom stereocenters. The van der Waals surface area contributed by atoms with Crippen molar-refractivity contribution in [2.24, 2.45) is 0 Å². The van der Waals surface area contributed by atoms with Gasteiger partial charge in [0.15, 0.2) is 0 Å². The summed E-state index contributed by atoms with van der Waals surface area (Å²) in [4.78, 5) is 14.6. The number of carbonyl (C=O) groups is 1. The Morgan fingerprint density at radius 2 is 1.75 bits per heavy atom. The molecule has 1 aromatic rings. The number of benzene rings is 1. The van der Waals surface area contributed by atoms with Crippen LogP contribution < -0.4 is 5.46 Å². The van der Waals surface area contributed by atoms with Gasteiger partial charge < -0.3 is 19.7 Å². The van der Waals surface area contributed by atoms with Crippen LogP contribution in [0.5, 0.6) is 0 Å². The number of hydrogen-bond acceptors (Lipinski definition) is 4. The lowest BCUT2D eigenvalue weighted by Gasteiger charge is -2.30. The van der Waals surface area contributed by atoms with Gasteiger partial charge in [0.2, 0.25) is 5.91 Å². The summed E-state index contributed by atoms with van der Waals surface area (Å²) in [5.74, 6) is 0.179. The summed E-state index contributed by atoms with van der Waals surface area (Å²) in [6.07, 6.45) is 1.73. The number of carbonyl (C=O) groups excluding carboxylic acids is 1. The molecule has 2 fully saturated rings. The molecule has 1 saturated carbocycles. The van der Waals surface area contributed by atoms with Crippen molar-refractivity contribution >= 4 is 18.5 Å². The van der Waals surface area contributed by atoms with Crippen LogP contribution in [0.25, 0.3) is 0 Å². The fraction of sp³-hybridized carbons (Fsp3) is 0.500. The van der Waals surface area contributed by atoms with Crippen molar-refractivity contribution in [1.29, 1.82) is 0 Å². The van der Waals surface area contributed by atoms with Crippen LogP contribution in [0, 0.1) is 0 Å². The molecule has 1 saturated heterocycles. The van der Waals surface area contributed by atoms with Crippen molar-refractivity contribution in [2.75, 3.05) is 26.3 Å². The van der Waals surface area contributed by atoms with Crippen molar-refractivity contribution in [3.63, 3.8) is 0 Å². The zero-order valence-electron chi connectivity index (χ0n) is 11.3. The minimum atomic E-state index is -1.46. The van der Waals surface area contributed by atoms with Gasteiger partial charge in [0.25, 0.3) is 0 Å². The minimum absolute atomic E-state index is 0.179. The van der Waals surface area contributed by atoms with E-state index in [2.05, 4.69) is 0 Å². The fourth-order valence-corrected chi connectivity index (χ4v) is 2.79. The highest BCUT2D eigenvalue weighted by molar-refractivity contribution is 6.58. The molecule has 20 heavy (non-hydrogen) atoms. The molecule has 1 heterocycles. The van der Waals surface area contributed by atoms with Crippen LogP contribution in [-0.2, 0) is 14.9 Å². The normalized spacial score (nSPS) is 20.6. The first kappa shape index (κ1) is 13.6. The lowest BCUT2D eigenvalue weighted by atomic mass is 9.79. The molecule has 2 N–H and O–H groups in total. The molecule has 0 spiro atoms. The Bertz CT molecular complexity index is 492. The lowest BCUT2D eigenvalue weighted by Crippen LogP contribution is -2.45. The predicted octanol–water partition coefficient (Wildman–Crippen LogP) is -0.743. The standard InChI is InChI=1S/C14H18BNO4/c17-13(16-7-9-20-10-8-16)14(5-6-14)11-1-3-12(4-2-11)15(18)19/h1-4,18-19H,5-10H2. The van der Waals surface area contributed by atoms with Crippen LogP contribution in [0.1, 0.15) is 18.4 Å². The zero-order chi connectivity index (χ0) is 14.2. The molecular weight excluding hydrogens is 257 g/mol. The van der Waals surface area contributed by atoms with E-state index >= 15 is 0 Å². The van der Waals surface area contributed by atoms with E-state index in [0.717, 1.165) is 18.4 Å². The van der Waals surface area contributed by atoms with Crippen LogP contribution in [0.2, 0.25) is 0 Å². The molecular formula is C14H18BNO4. The average Bonchev–Trinajstić information content (AvgIpc) is 3.29. The zero-order valence-corrected chi connectivity index (χ0v) is 11.3. The maximum absolute atomic E-state index is 12.7. The molecule has 2 aliphatic rings. The second-order valence-corrected chi connectivity index (χ2v) is 5.48. The maximum atomic E-state index is 12.7. The van der Waals surface area contributed by atoms with Crippen LogP contribution in [0.4, 0.5) is 0 Å². The van der Waals surface area contributed by atoms with Gasteiger partial charge in [-0.15, -0.1) is 0 Å². The van der Waals surface area contributed by atoms with Crippen molar-refractivity contribution in [3.8, 4) is 0 Å². The molecule has 5 nitrogen and oxygen atoms in total. The van der Waals surface area contributed by atoms with Crippen LogP contribution in [0.3, 0.4) is 0 Å². The molecule has 0 unspecified atom stereocenters. The Balaban J connectivity index is 1.79. The van der Waals surface area contributed by atoms with E-state index in [1.165, 1.54) is 0 Å². The van der Waals surface area contributed by atoms with Crippen molar-refractivity contribution < 1.29 is 19.6 Å². The Morgan fingerprint density at radius 3 is 2.25 bits per heavy atom. The second kappa shape index (κ2) is 5.20. The Morgan fingerprint density at radius 1 is 1.15 bits per heavy atom. The summed E-state index contributed by atoms with van der Waals surface area (Å²) >= 11 is 0. The summed E-state index contributed by atoms with van der Waals surface area (Å²) in [6, 6.07) is 7.01. The highest BCUT2D eigenvalue weighted by atomic mass is 16.5. The molecule has 0 aromatic heterocycles. The van der Waals surface area contributed by atoms with Crippen LogP contribution >= 0.6 is 0 Å². The third kappa shape index (κ3) is 2.35. The van der Waals surface area contributed by atoms with Gasteiger partial charge in [-0.1, -0.05) is 24.3 Å². The first-order valence-corrected chi connectivity index (χ1v) is 6.97. The molecule has 6 heteroatoms. The van der Waals surface area contributed by atoms with Gasteiger partial charge in [-0.2, -0.15) is 0 Å². The highest BCUT2D eigenvalue weighted by Crippen LogP contribution is 2.49. The molecule has 1 aliphatic heterocycles. The van der Waals surface area contributed by atoms with E-state index in [4.69, 9.17) is 14.8 Å². The number of hydrogen-bond donors (Lipinski definition) is 2. The lowest BCUT2D eigenvalue weighted by molar-refractivity contribution is -0.138. The maximum Gasteiger partial charge on any atom is 0.488 e. The molecule has 1 amide bonds. The Labute approximate surface area is 118 Å². The summed E-state index contributed by atoms with van der Waals surface area (Å²) in [5, 5.41) is 18.2. The Hall–Kier alpha value is -1.37. The van der Waals surface area contributed by atoms with E-state index in [-0.39, 0.29) is 5.91 Å². The molecule has 1 aliphatic carbocycles. The largest absolute Gasteiger partial charge is 0.488 e. The van der Waals surface area contributed by atoms with Crippen molar-refractivity contribution in [1.82, 2.24) is 4.90 Å². The first-order chi connectivity index (χ1) is 9.63. The van der Waals surface area contributed by atoms with Crippen molar-refractivity contribution in [2.45, 2.75) is 18.3 Å². The number of ether oxygens (including phenoxy) is 1. The monoisotopic (exact) mass is 275 g/mol. The minimum Gasteiger partial charge on any atom is -0.423 e. The van der Waals surface area contributed by atoms with Crippen LogP contribution in [-0.4, -0.2) is 54.3 Å². The van der Waals surface area contributed by atoms with Crippen LogP contribution in [0.15, 0.2) is 24.3 Å². The van der Waals surface area contributed by atoms with Gasteiger partial charge in [0.05, 0.1) is 18.6 Å². The molecule has 106 valence electrons. The number of morpholine rings is 1. The molecule has 0 radical (unpaired) electrons. The summed E-state index contributed by atoms with van der Waals surface area (Å²) in [6.45, 7) is 2.54. The van der Waals surface area contributed by atoms with Gasteiger partial charge in [0.1, 0.15) is 0 Å². The molecule has 3 rings (SSSR count). The van der Waals surface area contributed by atoms with E-state index < -0.39 is 12.5 Å². The van der Waals surface area contributed by atoms with E-state index in [0.29, 0.717) is 31.8 Å². The summed E-state index contributed by atoms with van der Waals surface area (Å²) < 4.78 is 5.28. The SMILES string of the molecule is O=C(N1CCOCC1)C1(c2ccc(B(O)O)cc2)CC1. The summed E-state index contributed by atoms with van der Waals surface area (Å²) in [5.41, 5.74) is 1.03. The molecule has 1 aromatic carbocycles. The van der Waals surface area contributed by atoms with E-state index in [1.54, 1.807) is 12.1 Å². The number of amides is 1. The predicted molar refractivity (Wildman–Crippen MR) is 74.6 cm³/mol. The quantitative estimate of drug-likeness (QED) is 0.713. The molecule has 0 bridgehead atoms. The Kier molecular flexibility index (Phi) is 3.54. The van der Waals surface area contributed by atoms with E-state index in [1.807, 2.05) is 17.0 Å². The average molecular weight is 275 g/mol. The number of rotatable bonds is 3. The fourth-order valence-electron chi connectivity index (χ4n) is 2.79. The highest BCUT2D eigenvalue weighted by Gasteiger charge is 2.53. The smallest absolute Gasteiger partial charge is 0.423 e.